The van der Waals surface area contributed by atoms with Crippen molar-refractivity contribution < 1.29 is 24.3 Å². The van der Waals surface area contributed by atoms with Gasteiger partial charge in [-0.15, -0.1) is 0 Å². The fourth-order valence-electron chi connectivity index (χ4n) is 3.52. The topological polar surface area (TPSA) is 116 Å². The van der Waals surface area contributed by atoms with Crippen LogP contribution in [0.1, 0.15) is 56.5 Å². The van der Waals surface area contributed by atoms with Gasteiger partial charge < -0.3 is 20.6 Å². The highest BCUT2D eigenvalue weighted by atomic mass is 16.4. The van der Waals surface area contributed by atoms with Crippen LogP contribution in [0.2, 0.25) is 0 Å². The van der Waals surface area contributed by atoms with Crippen molar-refractivity contribution >= 4 is 29.4 Å². The van der Waals surface area contributed by atoms with Crippen LogP contribution in [0.3, 0.4) is 0 Å². The van der Waals surface area contributed by atoms with Gasteiger partial charge in [0, 0.05) is 24.7 Å². The van der Waals surface area contributed by atoms with Crippen molar-refractivity contribution in [1.29, 1.82) is 0 Å². The summed E-state index contributed by atoms with van der Waals surface area (Å²) in [6, 6.07) is 3.22. The lowest BCUT2D eigenvalue weighted by molar-refractivity contribution is -0.150. The average molecular weight is 403 g/mol. The van der Waals surface area contributed by atoms with Crippen molar-refractivity contribution in [3.8, 4) is 0 Å². The van der Waals surface area contributed by atoms with Crippen molar-refractivity contribution in [2.45, 2.75) is 59.5 Å². The Kier molecular flexibility index (Phi) is 6.66. The van der Waals surface area contributed by atoms with Crippen LogP contribution in [-0.2, 0) is 14.4 Å². The lowest BCUT2D eigenvalue weighted by Gasteiger charge is -2.35. The summed E-state index contributed by atoms with van der Waals surface area (Å²) in [6.07, 6.45) is 1.02. The Morgan fingerprint density at radius 1 is 1.21 bits per heavy atom. The zero-order valence-corrected chi connectivity index (χ0v) is 17.5. The summed E-state index contributed by atoms with van der Waals surface area (Å²) in [5.74, 6) is -2.13. The molecule has 0 unspecified atom stereocenters. The van der Waals surface area contributed by atoms with Crippen LogP contribution in [0.5, 0.6) is 0 Å². The second kappa shape index (κ2) is 8.63. The molecule has 0 bridgehead atoms. The molecule has 1 aliphatic heterocycles. The Hall–Kier alpha value is -2.90. The van der Waals surface area contributed by atoms with Gasteiger partial charge in [0.1, 0.15) is 12.1 Å². The first kappa shape index (κ1) is 22.4. The number of rotatable bonds is 5. The molecule has 1 aromatic carbocycles. The van der Waals surface area contributed by atoms with Crippen LogP contribution >= 0.6 is 0 Å². The molecule has 8 nitrogen and oxygen atoms in total. The van der Waals surface area contributed by atoms with Gasteiger partial charge in [0.05, 0.1) is 0 Å². The second-order valence-corrected chi connectivity index (χ2v) is 8.46. The number of likely N-dealkylation sites (tertiary alicyclic amines) is 1. The van der Waals surface area contributed by atoms with Gasteiger partial charge in [-0.05, 0) is 42.9 Å². The highest BCUT2D eigenvalue weighted by Gasteiger charge is 2.42. The average Bonchev–Trinajstić information content (AvgIpc) is 3.09. The first-order valence-electron chi connectivity index (χ1n) is 9.65. The normalized spacial score (nSPS) is 17.6. The maximum Gasteiger partial charge on any atom is 0.326 e. The number of anilines is 1. The number of carboxylic acids is 1. The van der Waals surface area contributed by atoms with Crippen LogP contribution < -0.4 is 10.6 Å². The van der Waals surface area contributed by atoms with Crippen LogP contribution in [0.25, 0.3) is 0 Å². The molecule has 0 spiro atoms. The molecule has 1 saturated heterocycles. The molecule has 2 rings (SSSR count). The fraction of sp³-hybridized carbons (Fsp3) is 0.524. The van der Waals surface area contributed by atoms with Crippen LogP contribution in [0, 0.1) is 12.3 Å². The molecule has 1 fully saturated rings. The van der Waals surface area contributed by atoms with Gasteiger partial charge in [0.15, 0.2) is 0 Å². The molecule has 0 saturated carbocycles. The van der Waals surface area contributed by atoms with E-state index in [1.807, 2.05) is 20.8 Å². The molecule has 0 aliphatic carbocycles. The number of carboxylic acid groups (broad SMARTS) is 1. The smallest absolute Gasteiger partial charge is 0.326 e. The van der Waals surface area contributed by atoms with Crippen LogP contribution in [0.15, 0.2) is 18.2 Å². The van der Waals surface area contributed by atoms with E-state index in [2.05, 4.69) is 10.6 Å². The van der Waals surface area contributed by atoms with E-state index in [1.54, 1.807) is 25.1 Å². The minimum absolute atomic E-state index is 0.248. The summed E-state index contributed by atoms with van der Waals surface area (Å²) in [6.45, 7) is 8.92. The van der Waals surface area contributed by atoms with Gasteiger partial charge in [-0.3, -0.25) is 14.4 Å². The van der Waals surface area contributed by atoms with E-state index in [0.29, 0.717) is 36.2 Å². The standard InChI is InChI=1S/C21H29N3O5/c1-12-14(8-6-9-15(12)22-13(2)25)18(26)23-17(21(3,4)5)19(27)24-11-7-10-16(24)20(28)29/h6,8-9,16-17H,7,10-11H2,1-5H3,(H,22,25)(H,23,26)(H,28,29)/t16-,17+/m0/s1. The van der Waals surface area contributed by atoms with E-state index in [4.69, 9.17) is 0 Å². The van der Waals surface area contributed by atoms with Gasteiger partial charge in [0.25, 0.3) is 5.91 Å². The molecule has 1 heterocycles. The quantitative estimate of drug-likeness (QED) is 0.697. The van der Waals surface area contributed by atoms with E-state index in [1.165, 1.54) is 11.8 Å². The minimum Gasteiger partial charge on any atom is -0.480 e. The molecule has 1 aliphatic rings. The molecular formula is C21H29N3O5. The van der Waals surface area contributed by atoms with Crippen molar-refractivity contribution in [3.63, 3.8) is 0 Å². The Balaban J connectivity index is 2.30. The third kappa shape index (κ3) is 5.13. The fourth-order valence-corrected chi connectivity index (χ4v) is 3.52. The number of hydrogen-bond donors (Lipinski definition) is 3. The molecular weight excluding hydrogens is 374 g/mol. The third-order valence-corrected chi connectivity index (χ3v) is 5.10. The van der Waals surface area contributed by atoms with Gasteiger partial charge in [-0.25, -0.2) is 4.79 Å². The summed E-state index contributed by atoms with van der Waals surface area (Å²) in [7, 11) is 0. The second-order valence-electron chi connectivity index (χ2n) is 8.46. The SMILES string of the molecule is CC(=O)Nc1cccc(C(=O)N[C@H](C(=O)N2CCC[C@H]2C(=O)O)C(C)(C)C)c1C. The van der Waals surface area contributed by atoms with Crippen molar-refractivity contribution in [3.05, 3.63) is 29.3 Å². The van der Waals surface area contributed by atoms with E-state index in [-0.39, 0.29) is 5.91 Å². The lowest BCUT2D eigenvalue weighted by Crippen LogP contribution is -2.56. The van der Waals surface area contributed by atoms with Crippen LogP contribution in [0.4, 0.5) is 5.69 Å². The highest BCUT2D eigenvalue weighted by Crippen LogP contribution is 2.27. The number of nitrogens with one attached hydrogen (secondary N) is 2. The third-order valence-electron chi connectivity index (χ3n) is 5.10. The maximum atomic E-state index is 13.2. The van der Waals surface area contributed by atoms with E-state index in [9.17, 15) is 24.3 Å². The molecule has 0 radical (unpaired) electrons. The van der Waals surface area contributed by atoms with Gasteiger partial charge in [0.2, 0.25) is 11.8 Å². The summed E-state index contributed by atoms with van der Waals surface area (Å²) in [5, 5.41) is 14.9. The van der Waals surface area contributed by atoms with E-state index < -0.39 is 35.3 Å². The Morgan fingerprint density at radius 2 is 1.86 bits per heavy atom. The summed E-state index contributed by atoms with van der Waals surface area (Å²) in [4.78, 5) is 50.3. The molecule has 2 atom stereocenters. The zero-order valence-electron chi connectivity index (χ0n) is 17.5. The predicted octanol–water partition coefficient (Wildman–Crippen LogP) is 2.17. The molecule has 1 aromatic rings. The Bertz CT molecular complexity index is 828. The highest BCUT2D eigenvalue weighted by molar-refractivity contribution is 6.01. The number of hydrogen-bond acceptors (Lipinski definition) is 4. The number of carbonyl (C=O) groups excluding carboxylic acids is 3. The van der Waals surface area contributed by atoms with E-state index in [0.717, 1.165) is 0 Å². The lowest BCUT2D eigenvalue weighted by atomic mass is 9.85. The minimum atomic E-state index is -1.03. The zero-order chi connectivity index (χ0) is 21.9. The van der Waals surface area contributed by atoms with Gasteiger partial charge >= 0.3 is 5.97 Å². The summed E-state index contributed by atoms with van der Waals surface area (Å²) >= 11 is 0. The monoisotopic (exact) mass is 403 g/mol. The van der Waals surface area contributed by atoms with E-state index >= 15 is 0 Å². The van der Waals surface area contributed by atoms with Crippen LogP contribution in [-0.4, -0.2) is 52.3 Å². The number of benzene rings is 1. The molecule has 3 amide bonds. The molecule has 158 valence electrons. The Morgan fingerprint density at radius 3 is 2.41 bits per heavy atom. The molecule has 29 heavy (non-hydrogen) atoms. The maximum absolute atomic E-state index is 13.2. The first-order chi connectivity index (χ1) is 13.4. The molecule has 0 aromatic heterocycles. The molecule has 8 heteroatoms. The van der Waals surface area contributed by atoms with Crippen molar-refractivity contribution in [2.24, 2.45) is 5.41 Å². The first-order valence-corrected chi connectivity index (χ1v) is 9.65. The molecule has 3 N–H and O–H groups in total. The van der Waals surface area contributed by atoms with Gasteiger partial charge in [-0.2, -0.15) is 0 Å². The van der Waals surface area contributed by atoms with Crippen molar-refractivity contribution in [2.75, 3.05) is 11.9 Å². The number of carbonyl (C=O) groups is 4. The predicted molar refractivity (Wildman–Crippen MR) is 109 cm³/mol. The summed E-state index contributed by atoms with van der Waals surface area (Å²) in [5.41, 5.74) is 0.829. The number of aliphatic carboxylic acids is 1. The number of nitrogens with zero attached hydrogens (tertiary/aromatic N) is 1. The van der Waals surface area contributed by atoms with Gasteiger partial charge in [-0.1, -0.05) is 26.8 Å². The largest absolute Gasteiger partial charge is 0.480 e. The summed E-state index contributed by atoms with van der Waals surface area (Å²) < 4.78 is 0. The van der Waals surface area contributed by atoms with Crippen molar-refractivity contribution in [1.82, 2.24) is 10.2 Å². The number of amides is 3. The Labute approximate surface area is 170 Å².